The van der Waals surface area contributed by atoms with Crippen LogP contribution in [0.2, 0.25) is 0 Å². The average molecular weight is 284 g/mol. The average Bonchev–Trinajstić information content (AvgIpc) is 2.47. The van der Waals surface area contributed by atoms with Gasteiger partial charge in [-0.1, -0.05) is 25.1 Å². The van der Waals surface area contributed by atoms with E-state index in [0.29, 0.717) is 0 Å². The molecular weight excluding hydrogens is 260 g/mol. The number of hydrogen-bond donors (Lipinski definition) is 1. The Morgan fingerprint density at radius 2 is 2.00 bits per heavy atom. The van der Waals surface area contributed by atoms with Crippen LogP contribution in [0.5, 0.6) is 5.75 Å². The molecule has 0 saturated carbocycles. The fourth-order valence-corrected chi connectivity index (χ4v) is 2.36. The largest absolute Gasteiger partial charge is 0.491 e. The summed E-state index contributed by atoms with van der Waals surface area (Å²) < 4.78 is 5.79. The minimum absolute atomic E-state index is 0.189. The Kier molecular flexibility index (Phi) is 5.76. The lowest BCUT2D eigenvalue weighted by Gasteiger charge is -2.19. The molecule has 0 saturated heterocycles. The molecule has 0 fully saturated rings. The molecule has 1 aromatic heterocycles. The van der Waals surface area contributed by atoms with Crippen molar-refractivity contribution in [2.45, 2.75) is 39.3 Å². The van der Waals surface area contributed by atoms with Gasteiger partial charge in [-0.2, -0.15) is 0 Å². The highest BCUT2D eigenvalue weighted by Gasteiger charge is 2.13. The van der Waals surface area contributed by atoms with E-state index in [2.05, 4.69) is 41.5 Å². The molecule has 1 N–H and O–H groups in total. The number of rotatable bonds is 7. The van der Waals surface area contributed by atoms with Crippen molar-refractivity contribution in [3.8, 4) is 5.75 Å². The number of benzene rings is 1. The molecule has 0 amide bonds. The number of hydrogen-bond acceptors (Lipinski definition) is 3. The number of pyridine rings is 1. The Labute approximate surface area is 127 Å². The van der Waals surface area contributed by atoms with Crippen molar-refractivity contribution in [3.63, 3.8) is 0 Å². The van der Waals surface area contributed by atoms with Crippen LogP contribution >= 0.6 is 0 Å². The maximum atomic E-state index is 5.79. The molecule has 0 radical (unpaired) electrons. The van der Waals surface area contributed by atoms with E-state index in [4.69, 9.17) is 4.74 Å². The third-order valence-corrected chi connectivity index (χ3v) is 3.22. The quantitative estimate of drug-likeness (QED) is 0.840. The molecule has 112 valence electrons. The topological polar surface area (TPSA) is 34.2 Å². The van der Waals surface area contributed by atoms with E-state index in [0.717, 1.165) is 24.4 Å². The highest BCUT2D eigenvalue weighted by molar-refractivity contribution is 5.31. The number of aromatic nitrogens is 1. The minimum Gasteiger partial charge on any atom is -0.491 e. The lowest BCUT2D eigenvalue weighted by molar-refractivity contribution is 0.242. The van der Waals surface area contributed by atoms with E-state index in [9.17, 15) is 0 Å². The van der Waals surface area contributed by atoms with Crippen molar-refractivity contribution in [2.75, 3.05) is 6.54 Å². The van der Waals surface area contributed by atoms with Crippen LogP contribution in [0.4, 0.5) is 0 Å². The van der Waals surface area contributed by atoms with Gasteiger partial charge < -0.3 is 10.1 Å². The van der Waals surface area contributed by atoms with Crippen molar-refractivity contribution in [3.05, 3.63) is 59.9 Å². The van der Waals surface area contributed by atoms with E-state index >= 15 is 0 Å². The Hall–Kier alpha value is -1.87. The molecule has 1 aromatic carbocycles. The van der Waals surface area contributed by atoms with Gasteiger partial charge in [0.15, 0.2) is 0 Å². The van der Waals surface area contributed by atoms with Crippen LogP contribution in [0.25, 0.3) is 0 Å². The standard InChI is InChI=1S/C18H24N2O/c1-4-19-18(13-16-9-5-6-11-20-16)15-8-7-10-17(12-15)21-14(2)3/h5-12,14,18-19H,4,13H2,1-3H3. The summed E-state index contributed by atoms with van der Waals surface area (Å²) in [6.07, 6.45) is 2.91. The molecule has 1 heterocycles. The second-order valence-corrected chi connectivity index (χ2v) is 5.37. The minimum atomic E-state index is 0.189. The normalized spacial score (nSPS) is 12.4. The molecule has 1 unspecified atom stereocenters. The van der Waals surface area contributed by atoms with Crippen LogP contribution in [0.1, 0.15) is 38.1 Å². The lowest BCUT2D eigenvalue weighted by Crippen LogP contribution is -2.23. The second kappa shape index (κ2) is 7.79. The Morgan fingerprint density at radius 3 is 2.67 bits per heavy atom. The molecule has 0 aliphatic rings. The summed E-state index contributed by atoms with van der Waals surface area (Å²) in [7, 11) is 0. The van der Waals surface area contributed by atoms with Gasteiger partial charge in [0.2, 0.25) is 0 Å². The number of ether oxygens (including phenoxy) is 1. The lowest BCUT2D eigenvalue weighted by atomic mass is 10.0. The van der Waals surface area contributed by atoms with Crippen LogP contribution < -0.4 is 10.1 Å². The summed E-state index contributed by atoms with van der Waals surface area (Å²) in [5.41, 5.74) is 2.33. The highest BCUT2D eigenvalue weighted by atomic mass is 16.5. The van der Waals surface area contributed by atoms with Gasteiger partial charge in [-0.15, -0.1) is 0 Å². The van der Waals surface area contributed by atoms with Crippen molar-refractivity contribution < 1.29 is 4.74 Å². The number of nitrogens with zero attached hydrogens (tertiary/aromatic N) is 1. The van der Waals surface area contributed by atoms with Gasteiger partial charge in [-0.3, -0.25) is 4.98 Å². The van der Waals surface area contributed by atoms with Crippen LogP contribution in [0.3, 0.4) is 0 Å². The molecule has 0 bridgehead atoms. The van der Waals surface area contributed by atoms with Crippen molar-refractivity contribution in [1.82, 2.24) is 10.3 Å². The zero-order valence-corrected chi connectivity index (χ0v) is 13.0. The number of likely N-dealkylation sites (N-methyl/N-ethyl adjacent to an activating group) is 1. The Morgan fingerprint density at radius 1 is 1.14 bits per heavy atom. The predicted molar refractivity (Wildman–Crippen MR) is 86.6 cm³/mol. The van der Waals surface area contributed by atoms with E-state index in [-0.39, 0.29) is 12.1 Å². The molecule has 3 nitrogen and oxygen atoms in total. The molecule has 1 atom stereocenters. The van der Waals surface area contributed by atoms with E-state index in [1.807, 2.05) is 38.2 Å². The van der Waals surface area contributed by atoms with Gasteiger partial charge in [-0.05, 0) is 50.2 Å². The van der Waals surface area contributed by atoms with Crippen LogP contribution in [-0.4, -0.2) is 17.6 Å². The smallest absolute Gasteiger partial charge is 0.120 e. The van der Waals surface area contributed by atoms with E-state index < -0.39 is 0 Å². The van der Waals surface area contributed by atoms with Gasteiger partial charge in [0.1, 0.15) is 5.75 Å². The van der Waals surface area contributed by atoms with Gasteiger partial charge in [0.25, 0.3) is 0 Å². The summed E-state index contributed by atoms with van der Waals surface area (Å²) in [6.45, 7) is 7.14. The third kappa shape index (κ3) is 4.87. The van der Waals surface area contributed by atoms with Crippen molar-refractivity contribution >= 4 is 0 Å². The van der Waals surface area contributed by atoms with Crippen LogP contribution in [0.15, 0.2) is 48.7 Å². The predicted octanol–water partition coefficient (Wildman–Crippen LogP) is 3.76. The first kappa shape index (κ1) is 15.5. The maximum absolute atomic E-state index is 5.79. The van der Waals surface area contributed by atoms with Crippen molar-refractivity contribution in [2.24, 2.45) is 0 Å². The van der Waals surface area contributed by atoms with Gasteiger partial charge in [0.05, 0.1) is 6.10 Å². The molecule has 0 aliphatic carbocycles. The van der Waals surface area contributed by atoms with Crippen LogP contribution in [-0.2, 0) is 6.42 Å². The fourth-order valence-electron chi connectivity index (χ4n) is 2.36. The first-order valence-corrected chi connectivity index (χ1v) is 7.59. The second-order valence-electron chi connectivity index (χ2n) is 5.37. The van der Waals surface area contributed by atoms with E-state index in [1.54, 1.807) is 0 Å². The first-order valence-electron chi connectivity index (χ1n) is 7.59. The van der Waals surface area contributed by atoms with Gasteiger partial charge >= 0.3 is 0 Å². The number of nitrogens with one attached hydrogen (secondary N) is 1. The van der Waals surface area contributed by atoms with Crippen molar-refractivity contribution in [1.29, 1.82) is 0 Å². The SMILES string of the molecule is CCNC(Cc1ccccn1)c1cccc(OC(C)C)c1. The monoisotopic (exact) mass is 284 g/mol. The maximum Gasteiger partial charge on any atom is 0.120 e. The fraction of sp³-hybridized carbons (Fsp3) is 0.389. The summed E-state index contributed by atoms with van der Waals surface area (Å²) >= 11 is 0. The Balaban J connectivity index is 2.17. The molecule has 2 rings (SSSR count). The van der Waals surface area contributed by atoms with Crippen LogP contribution in [0, 0.1) is 0 Å². The summed E-state index contributed by atoms with van der Waals surface area (Å²) in [5, 5.41) is 3.53. The Bertz CT molecular complexity index is 540. The zero-order chi connectivity index (χ0) is 15.1. The summed E-state index contributed by atoms with van der Waals surface area (Å²) in [6, 6.07) is 14.6. The molecular formula is C18H24N2O. The summed E-state index contributed by atoms with van der Waals surface area (Å²) in [5.74, 6) is 0.923. The van der Waals surface area contributed by atoms with E-state index in [1.165, 1.54) is 5.56 Å². The summed E-state index contributed by atoms with van der Waals surface area (Å²) in [4.78, 5) is 4.43. The van der Waals surface area contributed by atoms with Gasteiger partial charge in [0, 0.05) is 24.4 Å². The molecule has 3 heteroatoms. The third-order valence-electron chi connectivity index (χ3n) is 3.22. The highest BCUT2D eigenvalue weighted by Crippen LogP contribution is 2.22. The molecule has 2 aromatic rings. The zero-order valence-electron chi connectivity index (χ0n) is 13.0. The molecule has 21 heavy (non-hydrogen) atoms. The molecule has 0 aliphatic heterocycles. The first-order chi connectivity index (χ1) is 10.2. The van der Waals surface area contributed by atoms with Gasteiger partial charge in [-0.25, -0.2) is 0 Å². The molecule has 0 spiro atoms.